The fourth-order valence-corrected chi connectivity index (χ4v) is 2.38. The highest BCUT2D eigenvalue weighted by atomic mass is 35.5. The molecule has 24 heavy (non-hydrogen) atoms. The summed E-state index contributed by atoms with van der Waals surface area (Å²) in [6, 6.07) is 13.5. The fourth-order valence-electron chi connectivity index (χ4n) is 2.15. The molecule has 1 aromatic carbocycles. The standard InChI is InChI=1S/C17H13ClN4O2/c18-14-6-2-1-5-13(14)15-7-8-17(24)22(21-15)11-16(23)20-12-4-3-9-19-10-12/h1-10H,11H2,(H,20,23). The van der Waals surface area contributed by atoms with Crippen molar-refractivity contribution in [3.8, 4) is 11.3 Å². The van der Waals surface area contributed by atoms with Gasteiger partial charge in [-0.2, -0.15) is 5.10 Å². The second kappa shape index (κ2) is 7.06. The van der Waals surface area contributed by atoms with Crippen molar-refractivity contribution >= 4 is 23.2 Å². The summed E-state index contributed by atoms with van der Waals surface area (Å²) in [7, 11) is 0. The zero-order valence-corrected chi connectivity index (χ0v) is 13.3. The first-order chi connectivity index (χ1) is 11.6. The summed E-state index contributed by atoms with van der Waals surface area (Å²) in [4.78, 5) is 27.9. The molecule has 1 N–H and O–H groups in total. The quantitative estimate of drug-likeness (QED) is 0.792. The third-order valence-electron chi connectivity index (χ3n) is 3.26. The van der Waals surface area contributed by atoms with Crippen LogP contribution in [0.1, 0.15) is 0 Å². The van der Waals surface area contributed by atoms with Crippen molar-refractivity contribution in [2.75, 3.05) is 5.32 Å². The Kier molecular flexibility index (Phi) is 4.67. The molecule has 0 unspecified atom stereocenters. The van der Waals surface area contributed by atoms with Crippen LogP contribution in [0.4, 0.5) is 5.69 Å². The predicted molar refractivity (Wildman–Crippen MR) is 91.8 cm³/mol. The minimum Gasteiger partial charge on any atom is -0.323 e. The van der Waals surface area contributed by atoms with Gasteiger partial charge in [0.05, 0.1) is 22.6 Å². The van der Waals surface area contributed by atoms with Crippen molar-refractivity contribution in [3.05, 3.63) is 76.3 Å². The predicted octanol–water partition coefficient (Wildman–Crippen LogP) is 2.60. The van der Waals surface area contributed by atoms with E-state index in [0.29, 0.717) is 22.0 Å². The average Bonchev–Trinajstić information content (AvgIpc) is 2.58. The van der Waals surface area contributed by atoms with Crippen molar-refractivity contribution in [3.63, 3.8) is 0 Å². The van der Waals surface area contributed by atoms with Gasteiger partial charge < -0.3 is 5.32 Å². The van der Waals surface area contributed by atoms with E-state index in [4.69, 9.17) is 11.6 Å². The van der Waals surface area contributed by atoms with Crippen molar-refractivity contribution in [2.24, 2.45) is 0 Å². The Morgan fingerprint density at radius 2 is 1.96 bits per heavy atom. The molecule has 3 aromatic rings. The van der Waals surface area contributed by atoms with Gasteiger partial charge >= 0.3 is 0 Å². The first-order valence-corrected chi connectivity index (χ1v) is 7.54. The van der Waals surface area contributed by atoms with Crippen molar-refractivity contribution in [1.82, 2.24) is 14.8 Å². The van der Waals surface area contributed by atoms with Gasteiger partial charge in [0.25, 0.3) is 5.56 Å². The normalized spacial score (nSPS) is 10.4. The molecular formula is C17H13ClN4O2. The van der Waals surface area contributed by atoms with Crippen molar-refractivity contribution in [1.29, 1.82) is 0 Å². The van der Waals surface area contributed by atoms with Gasteiger partial charge in [-0.05, 0) is 24.3 Å². The number of hydrogen-bond acceptors (Lipinski definition) is 4. The van der Waals surface area contributed by atoms with Crippen LogP contribution in [-0.4, -0.2) is 20.7 Å². The van der Waals surface area contributed by atoms with Crippen molar-refractivity contribution in [2.45, 2.75) is 6.54 Å². The number of halogens is 1. The lowest BCUT2D eigenvalue weighted by Gasteiger charge is -2.09. The van der Waals surface area contributed by atoms with Crippen LogP contribution in [0.3, 0.4) is 0 Å². The number of carbonyl (C=O) groups excluding carboxylic acids is 1. The third-order valence-corrected chi connectivity index (χ3v) is 3.58. The van der Waals surface area contributed by atoms with Crippen molar-refractivity contribution < 1.29 is 4.79 Å². The van der Waals surface area contributed by atoms with Crippen LogP contribution >= 0.6 is 11.6 Å². The van der Waals surface area contributed by atoms with Gasteiger partial charge in [0, 0.05) is 17.8 Å². The number of nitrogens with one attached hydrogen (secondary N) is 1. The molecular weight excluding hydrogens is 328 g/mol. The Balaban J connectivity index is 1.83. The van der Waals surface area contributed by atoms with Crippen LogP contribution < -0.4 is 10.9 Å². The number of pyridine rings is 1. The highest BCUT2D eigenvalue weighted by molar-refractivity contribution is 6.33. The molecule has 0 saturated carbocycles. The molecule has 0 aliphatic heterocycles. The molecule has 2 heterocycles. The van der Waals surface area contributed by atoms with E-state index in [0.717, 1.165) is 4.68 Å². The Morgan fingerprint density at radius 3 is 2.71 bits per heavy atom. The molecule has 0 spiro atoms. The molecule has 0 bridgehead atoms. The van der Waals surface area contributed by atoms with Crippen LogP contribution in [-0.2, 0) is 11.3 Å². The molecule has 0 aliphatic carbocycles. The largest absolute Gasteiger partial charge is 0.323 e. The molecule has 0 fully saturated rings. The number of carbonyl (C=O) groups is 1. The van der Waals surface area contributed by atoms with Gasteiger partial charge in [-0.3, -0.25) is 14.6 Å². The summed E-state index contributed by atoms with van der Waals surface area (Å²) in [6.07, 6.45) is 3.13. The summed E-state index contributed by atoms with van der Waals surface area (Å²) in [5.41, 5.74) is 1.40. The highest BCUT2D eigenvalue weighted by Crippen LogP contribution is 2.24. The van der Waals surface area contributed by atoms with E-state index in [1.165, 1.54) is 12.3 Å². The first-order valence-electron chi connectivity index (χ1n) is 7.16. The number of rotatable bonds is 4. The van der Waals surface area contributed by atoms with E-state index < -0.39 is 0 Å². The SMILES string of the molecule is O=C(Cn1nc(-c2ccccc2Cl)ccc1=O)Nc1cccnc1. The zero-order chi connectivity index (χ0) is 16.9. The van der Waals surface area contributed by atoms with Gasteiger partial charge in [-0.1, -0.05) is 29.8 Å². The van der Waals surface area contributed by atoms with Crippen LogP contribution in [0, 0.1) is 0 Å². The molecule has 0 saturated heterocycles. The van der Waals surface area contributed by atoms with Gasteiger partial charge in [0.1, 0.15) is 6.54 Å². The molecule has 0 atom stereocenters. The lowest BCUT2D eigenvalue weighted by Crippen LogP contribution is -2.29. The number of anilines is 1. The molecule has 0 aliphatic rings. The maximum absolute atomic E-state index is 12.1. The van der Waals surface area contributed by atoms with Gasteiger partial charge in [-0.15, -0.1) is 0 Å². The molecule has 7 heteroatoms. The fraction of sp³-hybridized carbons (Fsp3) is 0.0588. The maximum atomic E-state index is 12.1. The minimum absolute atomic E-state index is 0.202. The van der Waals surface area contributed by atoms with E-state index in [1.54, 1.807) is 36.5 Å². The van der Waals surface area contributed by atoms with E-state index in [1.807, 2.05) is 12.1 Å². The zero-order valence-electron chi connectivity index (χ0n) is 12.5. The van der Waals surface area contributed by atoms with Gasteiger partial charge in [-0.25, -0.2) is 4.68 Å². The van der Waals surface area contributed by atoms with Gasteiger partial charge in [0.15, 0.2) is 0 Å². The summed E-state index contributed by atoms with van der Waals surface area (Å²) in [6.45, 7) is -0.202. The second-order valence-electron chi connectivity index (χ2n) is 4.98. The second-order valence-corrected chi connectivity index (χ2v) is 5.39. The number of benzene rings is 1. The van der Waals surface area contributed by atoms with Crippen LogP contribution in [0.25, 0.3) is 11.3 Å². The topological polar surface area (TPSA) is 76.9 Å². The van der Waals surface area contributed by atoms with E-state index >= 15 is 0 Å². The lowest BCUT2D eigenvalue weighted by molar-refractivity contribution is -0.117. The smallest absolute Gasteiger partial charge is 0.267 e. The monoisotopic (exact) mass is 340 g/mol. The molecule has 1 amide bonds. The molecule has 0 radical (unpaired) electrons. The Hall–Kier alpha value is -2.99. The Bertz CT molecular complexity index is 925. The minimum atomic E-state index is -0.368. The highest BCUT2D eigenvalue weighted by Gasteiger charge is 2.10. The summed E-state index contributed by atoms with van der Waals surface area (Å²) >= 11 is 6.15. The van der Waals surface area contributed by atoms with Gasteiger partial charge in [0.2, 0.25) is 5.91 Å². The first kappa shape index (κ1) is 15.9. The molecule has 3 rings (SSSR count). The Morgan fingerprint density at radius 1 is 1.12 bits per heavy atom. The number of hydrogen-bond donors (Lipinski definition) is 1. The van der Waals surface area contributed by atoms with Crippen LogP contribution in [0.5, 0.6) is 0 Å². The third kappa shape index (κ3) is 3.67. The van der Waals surface area contributed by atoms with E-state index in [9.17, 15) is 9.59 Å². The lowest BCUT2D eigenvalue weighted by atomic mass is 10.1. The molecule has 2 aromatic heterocycles. The van der Waals surface area contributed by atoms with Crippen LogP contribution in [0.2, 0.25) is 5.02 Å². The number of amides is 1. The average molecular weight is 341 g/mol. The Labute approximate surface area is 142 Å². The summed E-state index contributed by atoms with van der Waals surface area (Å²) in [5.74, 6) is -0.367. The summed E-state index contributed by atoms with van der Waals surface area (Å²) < 4.78 is 1.10. The number of aromatic nitrogens is 3. The van der Waals surface area contributed by atoms with E-state index in [-0.39, 0.29) is 18.0 Å². The molecule has 6 nitrogen and oxygen atoms in total. The summed E-state index contributed by atoms with van der Waals surface area (Å²) in [5, 5.41) is 7.41. The maximum Gasteiger partial charge on any atom is 0.267 e. The number of nitrogens with zero attached hydrogens (tertiary/aromatic N) is 3. The molecule has 120 valence electrons. The van der Waals surface area contributed by atoms with E-state index in [2.05, 4.69) is 15.4 Å². The van der Waals surface area contributed by atoms with Crippen LogP contribution in [0.15, 0.2) is 65.7 Å².